The number of anilines is 2. The van der Waals surface area contributed by atoms with Gasteiger partial charge in [-0.3, -0.25) is 19.5 Å². The van der Waals surface area contributed by atoms with Gasteiger partial charge in [0.2, 0.25) is 5.69 Å². The average Bonchev–Trinajstić information content (AvgIpc) is 3.42. The Morgan fingerprint density at radius 2 is 1.85 bits per heavy atom. The van der Waals surface area contributed by atoms with E-state index >= 15 is 0 Å². The van der Waals surface area contributed by atoms with Gasteiger partial charge in [-0.1, -0.05) is 36.4 Å². The van der Waals surface area contributed by atoms with E-state index in [2.05, 4.69) is 25.6 Å². The molecule has 1 unspecified atom stereocenters. The van der Waals surface area contributed by atoms with E-state index in [0.29, 0.717) is 52.0 Å². The second-order valence-electron chi connectivity index (χ2n) is 9.91. The van der Waals surface area contributed by atoms with Gasteiger partial charge in [0, 0.05) is 23.0 Å². The van der Waals surface area contributed by atoms with Gasteiger partial charge in [0.05, 0.1) is 5.54 Å². The van der Waals surface area contributed by atoms with E-state index < -0.39 is 36.2 Å². The monoisotopic (exact) mass is 548 g/mol. The van der Waals surface area contributed by atoms with Gasteiger partial charge in [0.25, 0.3) is 11.6 Å². The molecule has 40 heavy (non-hydrogen) atoms. The van der Waals surface area contributed by atoms with Crippen molar-refractivity contribution in [2.75, 3.05) is 16.8 Å². The number of para-hydroxylation sites is 2. The van der Waals surface area contributed by atoms with E-state index in [1.54, 1.807) is 74.5 Å². The first-order valence-electron chi connectivity index (χ1n) is 12.6. The van der Waals surface area contributed by atoms with Crippen LogP contribution >= 0.6 is 0 Å². The summed E-state index contributed by atoms with van der Waals surface area (Å²) in [6.45, 7) is 2.86. The molecule has 5 rings (SSSR count). The summed E-state index contributed by atoms with van der Waals surface area (Å²) in [5, 5.41) is 33.8. The third-order valence-corrected chi connectivity index (χ3v) is 6.93. The zero-order valence-electron chi connectivity index (χ0n) is 21.9. The number of carbonyl (C=O) groups is 3. The number of carbonyl (C=O) groups excluding carboxylic acids is 3. The minimum absolute atomic E-state index is 0.287. The highest BCUT2D eigenvalue weighted by Crippen LogP contribution is 2.37. The Labute approximate surface area is 228 Å². The van der Waals surface area contributed by atoms with Gasteiger partial charge in [-0.25, -0.2) is 15.0 Å². The Bertz CT molecular complexity index is 1440. The average molecular weight is 549 g/mol. The summed E-state index contributed by atoms with van der Waals surface area (Å²) in [6, 6.07) is 15.7. The molecule has 1 saturated heterocycles. The smallest absolute Gasteiger partial charge is 0.347 e. The normalized spacial score (nSPS) is 18.9. The Morgan fingerprint density at radius 1 is 1.18 bits per heavy atom. The van der Waals surface area contributed by atoms with E-state index in [-0.39, 0.29) is 5.69 Å². The van der Waals surface area contributed by atoms with E-state index in [9.17, 15) is 24.8 Å². The van der Waals surface area contributed by atoms with E-state index in [4.69, 9.17) is 0 Å². The first-order valence-corrected chi connectivity index (χ1v) is 12.6. The minimum atomic E-state index is -1.24. The molecule has 1 atom stereocenters. The second kappa shape index (κ2) is 10.6. The van der Waals surface area contributed by atoms with Crippen molar-refractivity contribution in [3.63, 3.8) is 0 Å². The number of fused-ring (bicyclic) bond motifs is 1. The molecule has 0 saturated carbocycles. The Balaban J connectivity index is 1.38. The molecular formula is C26H28N8O6. The molecule has 3 N–H and O–H groups in total. The number of nitrogens with zero attached hydrogens (tertiary/aromatic N) is 6. The molecule has 1 fully saturated rings. The van der Waals surface area contributed by atoms with E-state index in [0.717, 1.165) is 0 Å². The van der Waals surface area contributed by atoms with Crippen LogP contribution in [0.4, 0.5) is 21.0 Å². The molecule has 1 aliphatic heterocycles. The summed E-state index contributed by atoms with van der Waals surface area (Å²) in [5.41, 5.74) is 3.09. The van der Waals surface area contributed by atoms with E-state index in [1.807, 2.05) is 0 Å². The third kappa shape index (κ3) is 4.91. The minimum Gasteiger partial charge on any atom is -0.359 e. The molecule has 3 aromatic rings. The van der Waals surface area contributed by atoms with Gasteiger partial charge >= 0.3 is 12.1 Å². The van der Waals surface area contributed by atoms with Gasteiger partial charge in [0.1, 0.15) is 12.3 Å². The summed E-state index contributed by atoms with van der Waals surface area (Å²) in [6.07, 6.45) is 0.397. The Kier molecular flexibility index (Phi) is 7.09. The fourth-order valence-electron chi connectivity index (χ4n) is 4.92. The molecule has 1 aromatic heterocycles. The summed E-state index contributed by atoms with van der Waals surface area (Å²) in [5.74, 6) is -0.619. The van der Waals surface area contributed by atoms with Crippen molar-refractivity contribution < 1.29 is 29.1 Å². The number of hydrogen-bond acceptors (Lipinski definition) is 8. The van der Waals surface area contributed by atoms with Crippen LogP contribution in [0.1, 0.15) is 38.1 Å². The van der Waals surface area contributed by atoms with Crippen molar-refractivity contribution in [3.8, 4) is 0 Å². The zero-order valence-corrected chi connectivity index (χ0v) is 21.9. The van der Waals surface area contributed by atoms with Crippen LogP contribution in [0.5, 0.6) is 0 Å². The third-order valence-electron chi connectivity index (χ3n) is 6.93. The highest BCUT2D eigenvalue weighted by molar-refractivity contribution is 6.02. The van der Waals surface area contributed by atoms with Crippen LogP contribution in [0.3, 0.4) is 0 Å². The number of urea groups is 2. The van der Waals surface area contributed by atoms with Crippen molar-refractivity contribution in [2.24, 2.45) is 5.10 Å². The van der Waals surface area contributed by atoms with Crippen molar-refractivity contribution in [1.82, 2.24) is 20.5 Å². The number of aromatic nitrogens is 2. The second-order valence-corrected chi connectivity index (χ2v) is 9.91. The number of hydrogen-bond donors (Lipinski definition) is 3. The van der Waals surface area contributed by atoms with Crippen LogP contribution in [-0.2, 0) is 11.2 Å². The maximum atomic E-state index is 13.7. The highest BCUT2D eigenvalue weighted by Gasteiger charge is 2.56. The number of rotatable bonds is 6. The summed E-state index contributed by atoms with van der Waals surface area (Å²) < 4.78 is 4.65. The summed E-state index contributed by atoms with van der Waals surface area (Å²) in [4.78, 5) is 42.6. The maximum absolute atomic E-state index is 13.7. The lowest BCUT2D eigenvalue weighted by atomic mass is 9.99. The first-order chi connectivity index (χ1) is 19.2. The SMILES string of the molecule is CC1(C)C(N(O)C(=O)Nc2ccccc2)N(c2ccccc2)C(=O)N1CC(=O)N/N=C1/CCCc2c1no[n+]2[O-]. The fraction of sp³-hybridized carbons (Fsp3) is 0.308. The zero-order chi connectivity index (χ0) is 28.4. The molecule has 2 aromatic carbocycles. The lowest BCUT2D eigenvalue weighted by Crippen LogP contribution is -2.58. The topological polar surface area (TPSA) is 171 Å². The molecule has 208 valence electrons. The maximum Gasteiger partial charge on any atom is 0.347 e. The lowest BCUT2D eigenvalue weighted by molar-refractivity contribution is -0.808. The van der Waals surface area contributed by atoms with Gasteiger partial charge in [-0.2, -0.15) is 10.2 Å². The molecule has 1 aliphatic carbocycles. The number of amides is 5. The number of hydroxylamine groups is 2. The molecule has 2 aliphatic rings. The standard InChI is InChI=1S/C26H28N8O6/c1-26(2)23(33(38)24(36)27-17-10-5-3-6-11-17)32(18-12-7-4-8-13-18)25(37)31(26)16-21(35)29-28-19-14-9-15-20-22(19)30-40-34(20)39/h3-8,10-13,23,38H,9,14-16H2,1-2H3,(H,27,36)(H,29,35)/b28-19-. The fourth-order valence-corrected chi connectivity index (χ4v) is 4.92. The molecular weight excluding hydrogens is 520 g/mol. The van der Waals surface area contributed by atoms with Gasteiger partial charge in [-0.05, 0) is 55.9 Å². The first kappa shape index (κ1) is 26.6. The van der Waals surface area contributed by atoms with Gasteiger partial charge in [-0.15, -0.1) is 0 Å². The van der Waals surface area contributed by atoms with Crippen molar-refractivity contribution in [2.45, 2.75) is 44.8 Å². The quantitative estimate of drug-likeness (QED) is 0.241. The Hall–Kier alpha value is -4.98. The molecule has 14 nitrogen and oxygen atoms in total. The molecule has 0 spiro atoms. The van der Waals surface area contributed by atoms with Crippen LogP contribution in [0, 0.1) is 5.21 Å². The van der Waals surface area contributed by atoms with Crippen LogP contribution in [0.15, 0.2) is 70.4 Å². The van der Waals surface area contributed by atoms with Crippen LogP contribution in [0.25, 0.3) is 0 Å². The number of nitrogens with one attached hydrogen (secondary N) is 2. The lowest BCUT2D eigenvalue weighted by Gasteiger charge is -2.38. The van der Waals surface area contributed by atoms with Crippen LogP contribution in [0.2, 0.25) is 0 Å². The van der Waals surface area contributed by atoms with Crippen LogP contribution in [-0.4, -0.2) is 62.3 Å². The molecule has 0 radical (unpaired) electrons. The van der Waals surface area contributed by atoms with Gasteiger partial charge in [0.15, 0.2) is 6.17 Å². The van der Waals surface area contributed by atoms with Crippen LogP contribution < -0.4 is 20.5 Å². The highest BCUT2D eigenvalue weighted by atomic mass is 16.8. The predicted octanol–water partition coefficient (Wildman–Crippen LogP) is 2.43. The van der Waals surface area contributed by atoms with E-state index in [1.165, 1.54) is 9.80 Å². The molecule has 5 amide bonds. The molecule has 14 heteroatoms. The summed E-state index contributed by atoms with van der Waals surface area (Å²) in [7, 11) is 0. The van der Waals surface area contributed by atoms with Gasteiger partial charge < -0.3 is 15.4 Å². The van der Waals surface area contributed by atoms with Crippen molar-refractivity contribution >= 4 is 35.1 Å². The molecule has 0 bridgehead atoms. The summed E-state index contributed by atoms with van der Waals surface area (Å²) >= 11 is 0. The largest absolute Gasteiger partial charge is 0.359 e. The molecule has 2 heterocycles. The Morgan fingerprint density at radius 3 is 2.55 bits per heavy atom. The van der Waals surface area contributed by atoms with Crippen molar-refractivity contribution in [3.05, 3.63) is 77.3 Å². The number of hydrazone groups is 1. The number of benzene rings is 2. The van der Waals surface area contributed by atoms with Crippen molar-refractivity contribution in [1.29, 1.82) is 0 Å². The predicted molar refractivity (Wildman–Crippen MR) is 141 cm³/mol.